The van der Waals surface area contributed by atoms with Crippen molar-refractivity contribution in [3.8, 4) is 66.8 Å². The highest BCUT2D eigenvalue weighted by molar-refractivity contribution is 5.93. The van der Waals surface area contributed by atoms with Crippen LogP contribution in [-0.2, 0) is 0 Å². The van der Waals surface area contributed by atoms with Crippen LogP contribution in [-0.4, -0.2) is 0 Å². The van der Waals surface area contributed by atoms with Gasteiger partial charge in [-0.05, 0) is 146 Å². The van der Waals surface area contributed by atoms with E-state index < -0.39 is 0 Å². The molecule has 0 aliphatic rings. The second-order valence-electron chi connectivity index (χ2n) is 16.8. The summed E-state index contributed by atoms with van der Waals surface area (Å²) in [5.74, 6) is 0. The van der Waals surface area contributed by atoms with E-state index in [9.17, 15) is 0 Å². The summed E-state index contributed by atoms with van der Waals surface area (Å²) in [4.78, 5) is 4.65. The van der Waals surface area contributed by atoms with Crippen LogP contribution in [0.5, 0.6) is 0 Å². The Balaban J connectivity index is 1.01. The molecule has 0 unspecified atom stereocenters. The first-order valence-corrected chi connectivity index (χ1v) is 23.1. The highest BCUT2D eigenvalue weighted by atomic mass is 15.1. The molecule has 0 spiro atoms. The molecule has 2 heteroatoms. The van der Waals surface area contributed by atoms with Gasteiger partial charge in [0.15, 0.2) is 0 Å². The van der Waals surface area contributed by atoms with Gasteiger partial charge < -0.3 is 9.80 Å². The zero-order valence-electron chi connectivity index (χ0n) is 37.5. The Morgan fingerprint density at radius 3 is 0.985 bits per heavy atom. The van der Waals surface area contributed by atoms with Gasteiger partial charge in [0.25, 0.3) is 0 Å². The molecule has 11 aromatic carbocycles. The molecule has 11 rings (SSSR count). The van der Waals surface area contributed by atoms with E-state index in [1.807, 2.05) is 12.1 Å². The number of rotatable bonds is 12. The first-order valence-electron chi connectivity index (χ1n) is 23.1. The molecule has 0 saturated carbocycles. The number of hydrogen-bond donors (Lipinski definition) is 0. The predicted octanol–water partition coefficient (Wildman–Crippen LogP) is 18.2. The molecule has 11 aromatic rings. The van der Waals surface area contributed by atoms with Crippen LogP contribution in [0.25, 0.3) is 66.8 Å². The van der Waals surface area contributed by atoms with E-state index in [-0.39, 0.29) is 0 Å². The molecule has 0 bridgehead atoms. The van der Waals surface area contributed by atoms with Crippen molar-refractivity contribution in [3.05, 3.63) is 291 Å². The fraction of sp³-hybridized carbons (Fsp3) is 0. The first kappa shape index (κ1) is 41.5. The molecule has 0 heterocycles. The van der Waals surface area contributed by atoms with Crippen molar-refractivity contribution in [2.45, 2.75) is 0 Å². The predicted molar refractivity (Wildman–Crippen MR) is 286 cm³/mol. The molecule has 0 amide bonds. The van der Waals surface area contributed by atoms with Gasteiger partial charge in [-0.3, -0.25) is 0 Å². The molecule has 0 aliphatic carbocycles. The van der Waals surface area contributed by atoms with Crippen LogP contribution in [0.15, 0.2) is 279 Å². The molecule has 320 valence electrons. The number of benzene rings is 10. The summed E-state index contributed by atoms with van der Waals surface area (Å²) >= 11 is 0. The first-order chi connectivity index (χ1) is 33.7. The lowest BCUT2D eigenvalue weighted by molar-refractivity contribution is 1.28. The average Bonchev–Trinajstić information content (AvgIpc) is 3.43. The third-order valence-corrected chi connectivity index (χ3v) is 12.6. The van der Waals surface area contributed by atoms with E-state index in [1.54, 1.807) is 0 Å². The summed E-state index contributed by atoms with van der Waals surface area (Å²) < 4.78 is 0. The molecule has 0 saturated heterocycles. The van der Waals surface area contributed by atoms with Crippen molar-refractivity contribution >= 4 is 34.1 Å². The Morgan fingerprint density at radius 2 is 0.559 bits per heavy atom. The van der Waals surface area contributed by atoms with E-state index in [0.717, 1.165) is 78.6 Å². The maximum Gasteiger partial charge on any atom is 0.0551 e. The Bertz CT molecular complexity index is 3160. The molecular formula is C66H46N2. The van der Waals surface area contributed by atoms with Gasteiger partial charge in [-0.15, -0.1) is 0 Å². The van der Waals surface area contributed by atoms with Crippen molar-refractivity contribution in [2.24, 2.45) is 0 Å². The van der Waals surface area contributed by atoms with Gasteiger partial charge in [0, 0.05) is 34.5 Å². The van der Waals surface area contributed by atoms with Crippen LogP contribution in [0.1, 0.15) is 0 Å². The second-order valence-corrected chi connectivity index (χ2v) is 16.8. The summed E-state index contributed by atoms with van der Waals surface area (Å²) in [6, 6.07) is 106. The van der Waals surface area contributed by atoms with Crippen LogP contribution in [0, 0.1) is 12.1 Å². The molecule has 2 nitrogen and oxygen atoms in total. The van der Waals surface area contributed by atoms with Crippen LogP contribution in [0.2, 0.25) is 0 Å². The topological polar surface area (TPSA) is 6.48 Å². The largest absolute Gasteiger partial charge is 0.310 e. The van der Waals surface area contributed by atoms with Crippen molar-refractivity contribution in [3.63, 3.8) is 0 Å². The molecule has 0 atom stereocenters. The minimum Gasteiger partial charge on any atom is -0.310 e. The minimum absolute atomic E-state index is 1.01. The number of nitrogens with zero attached hydrogens (tertiary/aromatic N) is 2. The second kappa shape index (κ2) is 19.1. The van der Waals surface area contributed by atoms with Crippen molar-refractivity contribution in [1.82, 2.24) is 0 Å². The lowest BCUT2D eigenvalue weighted by Gasteiger charge is -2.27. The lowest BCUT2D eigenvalue weighted by Crippen LogP contribution is -2.10. The molecule has 0 radical (unpaired) electrons. The van der Waals surface area contributed by atoms with Crippen molar-refractivity contribution in [1.29, 1.82) is 0 Å². The fourth-order valence-corrected chi connectivity index (χ4v) is 9.23. The monoisotopic (exact) mass is 866 g/mol. The number of anilines is 6. The Kier molecular flexibility index (Phi) is 11.7. The Labute approximate surface area is 400 Å². The Morgan fingerprint density at radius 1 is 0.206 bits per heavy atom. The van der Waals surface area contributed by atoms with Gasteiger partial charge in [0.1, 0.15) is 0 Å². The van der Waals surface area contributed by atoms with E-state index in [1.165, 1.54) is 22.3 Å². The molecule has 0 fully saturated rings. The molecular weight excluding hydrogens is 821 g/mol. The Hall–Kier alpha value is -9.16. The van der Waals surface area contributed by atoms with E-state index >= 15 is 0 Å². The summed E-state index contributed by atoms with van der Waals surface area (Å²) in [6.07, 6.45) is 0. The third-order valence-electron chi connectivity index (χ3n) is 12.6. The van der Waals surface area contributed by atoms with Gasteiger partial charge in [-0.2, -0.15) is 0 Å². The van der Waals surface area contributed by atoms with Crippen LogP contribution < -0.4 is 9.80 Å². The molecule has 0 aliphatic heterocycles. The summed E-state index contributed by atoms with van der Waals surface area (Å²) in [6.45, 7) is 0. The maximum absolute atomic E-state index is 3.20. The van der Waals surface area contributed by atoms with E-state index in [2.05, 4.69) is 289 Å². The standard InChI is InChI=1S/C66H46N2/c1-7-20-49(21-8-1)51-34-38-59(39-35-51)67(57-30-15-5-16-31-57)61-42-44-63(65(47-61)53-24-11-3-12-25-53)55-28-19-29-56(46-55)64-45-43-62(48-66(64)54-26-13-4-14-27-54)68(58-32-17-6-18-33-58)60-40-36-52(37-41-60)50-22-9-2-10-23-50/h1-5,7-17,19-48H. The van der Waals surface area contributed by atoms with Crippen LogP contribution >= 0.6 is 0 Å². The van der Waals surface area contributed by atoms with Crippen molar-refractivity contribution in [2.75, 3.05) is 9.80 Å². The summed E-state index contributed by atoms with van der Waals surface area (Å²) in [7, 11) is 0. The summed E-state index contributed by atoms with van der Waals surface area (Å²) in [5, 5.41) is 0. The minimum atomic E-state index is 1.01. The zero-order chi connectivity index (χ0) is 45.5. The van der Waals surface area contributed by atoms with Crippen LogP contribution in [0.4, 0.5) is 34.1 Å². The fourth-order valence-electron chi connectivity index (χ4n) is 9.23. The zero-order valence-corrected chi connectivity index (χ0v) is 37.5. The lowest BCUT2D eigenvalue weighted by atomic mass is 9.89. The smallest absolute Gasteiger partial charge is 0.0551 e. The third kappa shape index (κ3) is 8.69. The number of hydrogen-bond acceptors (Lipinski definition) is 2. The highest BCUT2D eigenvalue weighted by Gasteiger charge is 2.20. The van der Waals surface area contributed by atoms with Gasteiger partial charge in [0.05, 0.1) is 5.69 Å². The maximum atomic E-state index is 3.20. The molecule has 68 heavy (non-hydrogen) atoms. The average molecular weight is 867 g/mol. The van der Waals surface area contributed by atoms with Crippen LogP contribution in [0.3, 0.4) is 0 Å². The molecule has 0 aromatic heterocycles. The van der Waals surface area contributed by atoms with Gasteiger partial charge in [-0.25, -0.2) is 0 Å². The van der Waals surface area contributed by atoms with E-state index in [0.29, 0.717) is 0 Å². The van der Waals surface area contributed by atoms with Crippen molar-refractivity contribution < 1.29 is 0 Å². The van der Waals surface area contributed by atoms with Gasteiger partial charge in [0.2, 0.25) is 0 Å². The van der Waals surface area contributed by atoms with Gasteiger partial charge in [-0.1, -0.05) is 206 Å². The summed E-state index contributed by atoms with van der Waals surface area (Å²) in [5.41, 5.74) is 20.4. The highest BCUT2D eigenvalue weighted by Crippen LogP contribution is 2.44. The van der Waals surface area contributed by atoms with Gasteiger partial charge >= 0.3 is 0 Å². The normalized spacial score (nSPS) is 10.8. The van der Waals surface area contributed by atoms with E-state index in [4.69, 9.17) is 0 Å². The molecule has 0 N–H and O–H groups in total. The number of para-hydroxylation sites is 1. The SMILES string of the molecule is c1ccc(N(c2ccc(-c3ccccc3)cc2)c2ccc(-c3cccc(-c4ccc(N(c5ccccc5)c5ccc(-c6ccccc6)cc5)cc4-c4ccccc4)c3)c(-c3ccccc3)c2)cc#1. The quantitative estimate of drug-likeness (QED) is 0.121.